The molecule has 2 unspecified atom stereocenters. The van der Waals surface area contributed by atoms with Gasteiger partial charge in [0.15, 0.2) is 0 Å². The summed E-state index contributed by atoms with van der Waals surface area (Å²) in [5.74, 6) is -0.140. The smallest absolute Gasteiger partial charge is 0.324 e. The number of esters is 1. The molecule has 1 aromatic carbocycles. The molecule has 6 nitrogen and oxygen atoms in total. The first kappa shape index (κ1) is 19.2. The number of benzene rings is 1. The molecule has 2 atom stereocenters. The predicted molar refractivity (Wildman–Crippen MR) is 97.8 cm³/mol. The highest BCUT2D eigenvalue weighted by Crippen LogP contribution is 2.15. The molecule has 26 heavy (non-hydrogen) atoms. The standard InChI is InChI=1S/C19H29FN4O2/c1-2-26-19(25)18-16(12-21-22-18)14-24-8-4-7-23(9-10-24)13-15-5-3-6-17(20)11-15/h3,5-6,11,16,18,21-22H,2,4,7-10,12-14H2,1H3. The molecule has 0 bridgehead atoms. The summed E-state index contributed by atoms with van der Waals surface area (Å²) in [7, 11) is 0. The minimum absolute atomic E-state index is 0.176. The van der Waals surface area contributed by atoms with Crippen LogP contribution in [-0.2, 0) is 16.1 Å². The summed E-state index contributed by atoms with van der Waals surface area (Å²) >= 11 is 0. The van der Waals surface area contributed by atoms with Gasteiger partial charge in [0.2, 0.25) is 0 Å². The van der Waals surface area contributed by atoms with Crippen LogP contribution in [0, 0.1) is 11.7 Å². The molecule has 0 aromatic heterocycles. The zero-order valence-corrected chi connectivity index (χ0v) is 15.4. The van der Waals surface area contributed by atoms with Gasteiger partial charge in [0, 0.05) is 38.6 Å². The van der Waals surface area contributed by atoms with Crippen molar-refractivity contribution in [3.8, 4) is 0 Å². The Balaban J connectivity index is 1.50. The number of hydrazine groups is 1. The molecular formula is C19H29FN4O2. The molecule has 2 heterocycles. The van der Waals surface area contributed by atoms with E-state index in [2.05, 4.69) is 20.7 Å². The molecule has 2 aliphatic heterocycles. The van der Waals surface area contributed by atoms with Crippen LogP contribution in [0.15, 0.2) is 24.3 Å². The van der Waals surface area contributed by atoms with Crippen molar-refractivity contribution < 1.29 is 13.9 Å². The summed E-state index contributed by atoms with van der Waals surface area (Å²) in [6.07, 6.45) is 1.08. The van der Waals surface area contributed by atoms with E-state index in [0.29, 0.717) is 6.61 Å². The van der Waals surface area contributed by atoms with E-state index in [-0.39, 0.29) is 23.7 Å². The second kappa shape index (κ2) is 9.41. The van der Waals surface area contributed by atoms with Gasteiger partial charge in [-0.15, -0.1) is 0 Å². The number of ether oxygens (including phenoxy) is 1. The largest absolute Gasteiger partial charge is 0.465 e. The van der Waals surface area contributed by atoms with Gasteiger partial charge in [0.05, 0.1) is 6.61 Å². The summed E-state index contributed by atoms with van der Waals surface area (Å²) in [4.78, 5) is 16.9. The van der Waals surface area contributed by atoms with Crippen molar-refractivity contribution in [3.63, 3.8) is 0 Å². The minimum Gasteiger partial charge on any atom is -0.465 e. The quantitative estimate of drug-likeness (QED) is 0.735. The molecule has 7 heteroatoms. The van der Waals surface area contributed by atoms with Crippen LogP contribution < -0.4 is 10.9 Å². The third-order valence-corrected chi connectivity index (χ3v) is 5.10. The highest BCUT2D eigenvalue weighted by atomic mass is 19.1. The number of nitrogens with zero attached hydrogens (tertiary/aromatic N) is 2. The van der Waals surface area contributed by atoms with Crippen LogP contribution in [0.3, 0.4) is 0 Å². The van der Waals surface area contributed by atoms with Gasteiger partial charge in [-0.05, 0) is 44.1 Å². The SMILES string of the molecule is CCOC(=O)C1NNCC1CN1CCCN(Cc2cccc(F)c2)CC1. The Hall–Kier alpha value is -1.54. The van der Waals surface area contributed by atoms with Crippen LogP contribution in [0.25, 0.3) is 0 Å². The maximum Gasteiger partial charge on any atom is 0.324 e. The molecule has 1 aromatic rings. The van der Waals surface area contributed by atoms with E-state index in [0.717, 1.165) is 57.8 Å². The van der Waals surface area contributed by atoms with E-state index in [1.807, 2.05) is 13.0 Å². The summed E-state index contributed by atoms with van der Waals surface area (Å²) in [5.41, 5.74) is 7.15. The lowest BCUT2D eigenvalue weighted by molar-refractivity contribution is -0.146. The van der Waals surface area contributed by atoms with Crippen molar-refractivity contribution in [1.29, 1.82) is 0 Å². The van der Waals surface area contributed by atoms with Crippen molar-refractivity contribution in [2.45, 2.75) is 25.9 Å². The molecule has 0 aliphatic carbocycles. The lowest BCUT2D eigenvalue weighted by atomic mass is 10.0. The normalized spacial score (nSPS) is 25.2. The minimum atomic E-state index is -0.276. The van der Waals surface area contributed by atoms with Gasteiger partial charge in [-0.1, -0.05) is 12.1 Å². The number of nitrogens with one attached hydrogen (secondary N) is 2. The zero-order chi connectivity index (χ0) is 18.4. The first-order valence-corrected chi connectivity index (χ1v) is 9.50. The Morgan fingerprint density at radius 2 is 2.08 bits per heavy atom. The van der Waals surface area contributed by atoms with Crippen molar-refractivity contribution in [2.24, 2.45) is 5.92 Å². The Morgan fingerprint density at radius 3 is 2.88 bits per heavy atom. The second-order valence-electron chi connectivity index (χ2n) is 7.08. The maximum atomic E-state index is 13.4. The van der Waals surface area contributed by atoms with Gasteiger partial charge >= 0.3 is 5.97 Å². The molecule has 0 amide bonds. The fourth-order valence-corrected chi connectivity index (χ4v) is 3.78. The van der Waals surface area contributed by atoms with E-state index < -0.39 is 0 Å². The van der Waals surface area contributed by atoms with Gasteiger partial charge in [-0.3, -0.25) is 15.1 Å². The average molecular weight is 364 g/mol. The van der Waals surface area contributed by atoms with E-state index in [1.165, 1.54) is 6.07 Å². The first-order chi connectivity index (χ1) is 12.7. The third-order valence-electron chi connectivity index (χ3n) is 5.10. The van der Waals surface area contributed by atoms with Gasteiger partial charge < -0.3 is 9.64 Å². The highest BCUT2D eigenvalue weighted by molar-refractivity contribution is 5.76. The van der Waals surface area contributed by atoms with Crippen molar-refractivity contribution in [2.75, 3.05) is 45.9 Å². The van der Waals surface area contributed by atoms with Gasteiger partial charge in [0.25, 0.3) is 0 Å². The monoisotopic (exact) mass is 364 g/mol. The van der Waals surface area contributed by atoms with Gasteiger partial charge in [-0.25, -0.2) is 9.82 Å². The van der Waals surface area contributed by atoms with Crippen molar-refractivity contribution >= 4 is 5.97 Å². The summed E-state index contributed by atoms with van der Waals surface area (Å²) in [5, 5.41) is 0. The molecule has 2 N–H and O–H groups in total. The number of hydrogen-bond donors (Lipinski definition) is 2. The first-order valence-electron chi connectivity index (χ1n) is 9.50. The lowest BCUT2D eigenvalue weighted by Gasteiger charge is -2.26. The van der Waals surface area contributed by atoms with Crippen LogP contribution in [0.5, 0.6) is 0 Å². The Morgan fingerprint density at radius 1 is 1.27 bits per heavy atom. The van der Waals surface area contributed by atoms with Crippen LogP contribution in [0.1, 0.15) is 18.9 Å². The topological polar surface area (TPSA) is 56.8 Å². The number of halogens is 1. The van der Waals surface area contributed by atoms with Gasteiger partial charge in [0.1, 0.15) is 11.9 Å². The molecule has 2 saturated heterocycles. The molecule has 0 saturated carbocycles. The van der Waals surface area contributed by atoms with E-state index in [4.69, 9.17) is 4.74 Å². The average Bonchev–Trinajstić information content (AvgIpc) is 2.96. The summed E-state index contributed by atoms with van der Waals surface area (Å²) < 4.78 is 18.5. The molecule has 144 valence electrons. The van der Waals surface area contributed by atoms with E-state index in [9.17, 15) is 9.18 Å². The second-order valence-corrected chi connectivity index (χ2v) is 7.08. The van der Waals surface area contributed by atoms with Gasteiger partial charge in [-0.2, -0.15) is 0 Å². The number of carbonyl (C=O) groups excluding carboxylic acids is 1. The summed E-state index contributed by atoms with van der Waals surface area (Å²) in [6, 6.07) is 6.57. The number of hydrogen-bond acceptors (Lipinski definition) is 6. The maximum absolute atomic E-state index is 13.4. The summed E-state index contributed by atoms with van der Waals surface area (Å²) in [6.45, 7) is 8.60. The molecule has 2 fully saturated rings. The van der Waals surface area contributed by atoms with E-state index in [1.54, 1.807) is 12.1 Å². The number of carbonyl (C=O) groups is 1. The molecule has 0 spiro atoms. The van der Waals surface area contributed by atoms with Crippen molar-refractivity contribution in [3.05, 3.63) is 35.6 Å². The van der Waals surface area contributed by atoms with Crippen LogP contribution in [0.4, 0.5) is 4.39 Å². The Kier molecular flexibility index (Phi) is 6.96. The highest BCUT2D eigenvalue weighted by Gasteiger charge is 2.35. The molecule has 0 radical (unpaired) electrons. The predicted octanol–water partition coefficient (Wildman–Crippen LogP) is 0.989. The third kappa shape index (κ3) is 5.23. The number of rotatable bonds is 6. The Labute approximate surface area is 154 Å². The van der Waals surface area contributed by atoms with Crippen molar-refractivity contribution in [1.82, 2.24) is 20.7 Å². The van der Waals surface area contributed by atoms with E-state index >= 15 is 0 Å². The van der Waals surface area contributed by atoms with Crippen LogP contribution in [0.2, 0.25) is 0 Å². The molecule has 3 rings (SSSR count). The zero-order valence-electron chi connectivity index (χ0n) is 15.4. The molecular weight excluding hydrogens is 335 g/mol. The fourth-order valence-electron chi connectivity index (χ4n) is 3.78. The van der Waals surface area contributed by atoms with Crippen LogP contribution in [-0.4, -0.2) is 67.7 Å². The lowest BCUT2D eigenvalue weighted by Crippen LogP contribution is -2.44. The molecule has 2 aliphatic rings. The Bertz CT molecular complexity index is 601. The fraction of sp³-hybridized carbons (Fsp3) is 0.632. The van der Waals surface area contributed by atoms with Crippen LogP contribution >= 0.6 is 0 Å².